The fourth-order valence-corrected chi connectivity index (χ4v) is 1.92. The highest BCUT2D eigenvalue weighted by Gasteiger charge is 2.13. The Kier molecular flexibility index (Phi) is 3.69. The van der Waals surface area contributed by atoms with Gasteiger partial charge < -0.3 is 11.5 Å². The summed E-state index contributed by atoms with van der Waals surface area (Å²) in [6.07, 6.45) is 0. The molecule has 0 fully saturated rings. The van der Waals surface area contributed by atoms with Gasteiger partial charge in [0.05, 0.1) is 4.90 Å². The van der Waals surface area contributed by atoms with Gasteiger partial charge >= 0.3 is 0 Å². The Morgan fingerprint density at radius 1 is 1.29 bits per heavy atom. The molecule has 0 aromatic heterocycles. The highest BCUT2D eigenvalue weighted by atomic mass is 32.2. The van der Waals surface area contributed by atoms with Crippen molar-refractivity contribution in [3.05, 3.63) is 24.3 Å². The molecule has 0 radical (unpaired) electrons. The van der Waals surface area contributed by atoms with Crippen molar-refractivity contribution in [2.24, 2.45) is 10.1 Å². The number of carbonyl (C=O) groups is 1. The molecule has 0 aliphatic rings. The summed E-state index contributed by atoms with van der Waals surface area (Å²) in [7, 11) is -3.93. The van der Waals surface area contributed by atoms with Crippen molar-refractivity contribution < 1.29 is 13.2 Å². The van der Waals surface area contributed by atoms with Gasteiger partial charge in [-0.1, -0.05) is 0 Å². The molecular weight excluding hydrogens is 244 g/mol. The van der Waals surface area contributed by atoms with Gasteiger partial charge in [0.15, 0.2) is 0 Å². The summed E-state index contributed by atoms with van der Waals surface area (Å²) in [6, 6.07) is 5.46. The third-order valence-electron chi connectivity index (χ3n) is 1.70. The zero-order valence-corrected chi connectivity index (χ0v) is 9.86. The fraction of sp³-hybridized carbons (Fsp3) is 0.111. The molecule has 1 rings (SSSR count). The fourth-order valence-electron chi connectivity index (χ4n) is 1.03. The molecule has 1 aromatic carbocycles. The molecular formula is C9H12N4O3S. The number of hydrogen-bond donors (Lipinski definition) is 3. The molecule has 0 saturated heterocycles. The van der Waals surface area contributed by atoms with Gasteiger partial charge in [-0.2, -0.15) is 8.42 Å². The normalized spacial score (nSPS) is 12.2. The Morgan fingerprint density at radius 3 is 2.29 bits per heavy atom. The predicted octanol–water partition coefficient (Wildman–Crippen LogP) is -0.592. The Labute approximate surface area is 98.6 Å². The summed E-state index contributed by atoms with van der Waals surface area (Å²) in [4.78, 5) is 10.6. The van der Waals surface area contributed by atoms with Crippen LogP contribution in [0.5, 0.6) is 0 Å². The van der Waals surface area contributed by atoms with Crippen molar-refractivity contribution in [3.8, 4) is 0 Å². The zero-order chi connectivity index (χ0) is 13.1. The van der Waals surface area contributed by atoms with E-state index in [4.69, 9.17) is 11.5 Å². The van der Waals surface area contributed by atoms with Crippen LogP contribution in [0.1, 0.15) is 6.92 Å². The lowest BCUT2D eigenvalue weighted by Gasteiger charge is -2.02. The molecule has 0 aliphatic heterocycles. The standard InChI is InChI=1S/C9H12N4O3S/c1-6(14)12-9(11)13-17(15,16)8-4-2-7(10)3-5-8/h2-5H,10H2,1H3,(H3,11,12,13,14). The minimum absolute atomic E-state index is 0.0556. The van der Waals surface area contributed by atoms with Crippen molar-refractivity contribution in [3.63, 3.8) is 0 Å². The Morgan fingerprint density at radius 2 is 1.82 bits per heavy atom. The highest BCUT2D eigenvalue weighted by molar-refractivity contribution is 7.90. The number of hydrogen-bond acceptors (Lipinski definition) is 4. The van der Waals surface area contributed by atoms with E-state index in [9.17, 15) is 13.2 Å². The molecule has 0 bridgehead atoms. The number of nitrogens with zero attached hydrogens (tertiary/aromatic N) is 1. The number of guanidine groups is 1. The van der Waals surface area contributed by atoms with E-state index in [1.54, 1.807) is 0 Å². The summed E-state index contributed by atoms with van der Waals surface area (Å²) in [5.41, 5.74) is 11.1. The molecule has 0 unspecified atom stereocenters. The maximum Gasteiger partial charge on any atom is 0.285 e. The molecule has 0 aliphatic carbocycles. The quantitative estimate of drug-likeness (QED) is 0.370. The number of nitrogen functional groups attached to an aromatic ring is 1. The van der Waals surface area contributed by atoms with E-state index in [1.165, 1.54) is 31.2 Å². The van der Waals surface area contributed by atoms with Crippen LogP contribution >= 0.6 is 0 Å². The van der Waals surface area contributed by atoms with Crippen LogP contribution in [0.2, 0.25) is 0 Å². The van der Waals surface area contributed by atoms with Gasteiger partial charge in [0, 0.05) is 12.6 Å². The van der Waals surface area contributed by atoms with Crippen LogP contribution in [0.15, 0.2) is 33.6 Å². The maximum atomic E-state index is 11.7. The van der Waals surface area contributed by atoms with Crippen molar-refractivity contribution in [2.75, 3.05) is 5.73 Å². The van der Waals surface area contributed by atoms with Gasteiger partial charge in [-0.3, -0.25) is 10.1 Å². The van der Waals surface area contributed by atoms with Crippen molar-refractivity contribution >= 4 is 27.6 Å². The van der Waals surface area contributed by atoms with Crippen LogP contribution in [0.25, 0.3) is 0 Å². The lowest BCUT2D eigenvalue weighted by molar-refractivity contribution is -0.117. The largest absolute Gasteiger partial charge is 0.399 e. The number of amides is 1. The van der Waals surface area contributed by atoms with E-state index < -0.39 is 21.9 Å². The minimum Gasteiger partial charge on any atom is -0.399 e. The predicted molar refractivity (Wildman–Crippen MR) is 63.5 cm³/mol. The smallest absolute Gasteiger partial charge is 0.285 e. The van der Waals surface area contributed by atoms with Crippen molar-refractivity contribution in [2.45, 2.75) is 11.8 Å². The molecule has 0 saturated carbocycles. The molecule has 5 N–H and O–H groups in total. The Hall–Kier alpha value is -2.09. The Bertz CT molecular complexity index is 548. The number of carbonyl (C=O) groups excluding carboxylic acids is 1. The average Bonchev–Trinajstić information content (AvgIpc) is 2.15. The molecule has 1 aromatic rings. The summed E-state index contributed by atoms with van der Waals surface area (Å²) in [6.45, 7) is 1.19. The molecule has 8 heteroatoms. The van der Waals surface area contributed by atoms with Crippen LogP contribution in [0.4, 0.5) is 5.69 Å². The van der Waals surface area contributed by atoms with E-state index in [-0.39, 0.29) is 4.90 Å². The number of anilines is 1. The first kappa shape index (κ1) is 13.0. The molecule has 92 valence electrons. The lowest BCUT2D eigenvalue weighted by atomic mass is 10.3. The van der Waals surface area contributed by atoms with Gasteiger partial charge in [-0.15, -0.1) is 4.40 Å². The highest BCUT2D eigenvalue weighted by Crippen LogP contribution is 2.13. The van der Waals surface area contributed by atoms with Gasteiger partial charge in [0.1, 0.15) is 0 Å². The van der Waals surface area contributed by atoms with Gasteiger partial charge in [0.25, 0.3) is 10.0 Å². The number of benzene rings is 1. The molecule has 7 nitrogen and oxygen atoms in total. The van der Waals surface area contributed by atoms with Crippen molar-refractivity contribution in [1.82, 2.24) is 5.32 Å². The first-order valence-electron chi connectivity index (χ1n) is 4.55. The SMILES string of the molecule is CC(=O)N/C(N)=N/S(=O)(=O)c1ccc(N)cc1. The van der Waals surface area contributed by atoms with E-state index in [0.717, 1.165) is 0 Å². The minimum atomic E-state index is -3.93. The third-order valence-corrected chi connectivity index (χ3v) is 3.01. The zero-order valence-electron chi connectivity index (χ0n) is 9.04. The molecule has 1 amide bonds. The second kappa shape index (κ2) is 4.83. The number of nitrogens with two attached hydrogens (primary N) is 2. The van der Waals surface area contributed by atoms with E-state index >= 15 is 0 Å². The average molecular weight is 256 g/mol. The summed E-state index contributed by atoms with van der Waals surface area (Å²) in [5, 5.41) is 2.06. The Balaban J connectivity index is 3.04. The second-order valence-corrected chi connectivity index (χ2v) is 4.81. The van der Waals surface area contributed by atoms with E-state index in [1.807, 2.05) is 0 Å². The van der Waals surface area contributed by atoms with Gasteiger partial charge in [0.2, 0.25) is 11.9 Å². The molecule has 17 heavy (non-hydrogen) atoms. The molecule has 0 atom stereocenters. The van der Waals surface area contributed by atoms with Crippen LogP contribution in [-0.2, 0) is 14.8 Å². The first-order valence-corrected chi connectivity index (χ1v) is 5.99. The number of rotatable bonds is 2. The maximum absolute atomic E-state index is 11.7. The lowest BCUT2D eigenvalue weighted by Crippen LogP contribution is -2.35. The first-order chi connectivity index (χ1) is 7.81. The van der Waals surface area contributed by atoms with E-state index in [0.29, 0.717) is 5.69 Å². The summed E-state index contributed by atoms with van der Waals surface area (Å²) < 4.78 is 26.6. The second-order valence-electron chi connectivity index (χ2n) is 3.20. The monoisotopic (exact) mass is 256 g/mol. The van der Waals surface area contributed by atoms with Crippen LogP contribution in [0.3, 0.4) is 0 Å². The van der Waals surface area contributed by atoms with E-state index in [2.05, 4.69) is 9.71 Å². The topological polar surface area (TPSA) is 128 Å². The van der Waals surface area contributed by atoms with Gasteiger partial charge in [-0.25, -0.2) is 0 Å². The van der Waals surface area contributed by atoms with Crippen molar-refractivity contribution in [1.29, 1.82) is 0 Å². The summed E-state index contributed by atoms with van der Waals surface area (Å²) in [5.74, 6) is -0.979. The number of nitrogens with one attached hydrogen (secondary N) is 1. The summed E-state index contributed by atoms with van der Waals surface area (Å²) >= 11 is 0. The van der Waals surface area contributed by atoms with Crippen LogP contribution in [0, 0.1) is 0 Å². The molecule has 0 spiro atoms. The van der Waals surface area contributed by atoms with Gasteiger partial charge in [-0.05, 0) is 24.3 Å². The molecule has 0 heterocycles. The number of sulfonamides is 1. The van der Waals surface area contributed by atoms with Crippen LogP contribution < -0.4 is 16.8 Å². The van der Waals surface area contributed by atoms with Crippen LogP contribution in [-0.4, -0.2) is 20.3 Å². The third kappa shape index (κ3) is 3.76.